The number of benzene rings is 2. The first-order chi connectivity index (χ1) is 13.7. The lowest BCUT2D eigenvalue weighted by atomic mass is 10.1. The van der Waals surface area contributed by atoms with Crippen LogP contribution in [0.1, 0.15) is 25.1 Å². The van der Waals surface area contributed by atoms with Gasteiger partial charge in [-0.25, -0.2) is 0 Å². The maximum atomic E-state index is 12.2. The van der Waals surface area contributed by atoms with Crippen LogP contribution in [0.25, 0.3) is 16.6 Å². The van der Waals surface area contributed by atoms with Crippen LogP contribution in [0.3, 0.4) is 0 Å². The molecule has 2 aromatic carbocycles. The van der Waals surface area contributed by atoms with Crippen LogP contribution in [-0.4, -0.2) is 23.1 Å². The molecule has 29 heavy (non-hydrogen) atoms. The van der Waals surface area contributed by atoms with Crippen molar-refractivity contribution < 1.29 is 19.1 Å². The topological polar surface area (TPSA) is 57.5 Å². The number of nitrogens with zero attached hydrogens (tertiary/aromatic N) is 1. The van der Waals surface area contributed by atoms with Gasteiger partial charge in [0.15, 0.2) is 5.75 Å². The second-order valence-corrected chi connectivity index (χ2v) is 8.43. The molecule has 0 fully saturated rings. The Balaban J connectivity index is 2.34. The Morgan fingerprint density at radius 3 is 2.41 bits per heavy atom. The van der Waals surface area contributed by atoms with Crippen LogP contribution in [0, 0.1) is 6.92 Å². The Morgan fingerprint density at radius 2 is 1.83 bits per heavy atom. The van der Waals surface area contributed by atoms with Crippen molar-refractivity contribution >= 4 is 66.3 Å². The highest BCUT2D eigenvalue weighted by atomic mass is 79.9. The lowest BCUT2D eigenvalue weighted by Crippen LogP contribution is -2.08. The van der Waals surface area contributed by atoms with E-state index in [2.05, 4.69) is 31.9 Å². The van der Waals surface area contributed by atoms with Crippen molar-refractivity contribution in [1.29, 1.82) is 0 Å². The van der Waals surface area contributed by atoms with Crippen LogP contribution in [0.5, 0.6) is 5.75 Å². The molecule has 1 heterocycles. The average molecular weight is 544 g/mol. The largest absolute Gasteiger partial charge is 0.466 e. The molecule has 0 aliphatic rings. The third-order valence-electron chi connectivity index (χ3n) is 4.43. The van der Waals surface area contributed by atoms with Gasteiger partial charge in [-0.15, -0.1) is 0 Å². The molecule has 0 unspecified atom stereocenters. The fourth-order valence-corrected chi connectivity index (χ4v) is 4.85. The summed E-state index contributed by atoms with van der Waals surface area (Å²) >= 11 is 13.1. The van der Waals surface area contributed by atoms with Crippen LogP contribution < -0.4 is 4.74 Å². The molecule has 0 atom stereocenters. The fraction of sp³-hybridized carbons (Fsp3) is 0.238. The van der Waals surface area contributed by atoms with Gasteiger partial charge in [-0.1, -0.05) is 11.6 Å². The van der Waals surface area contributed by atoms with E-state index in [1.165, 1.54) is 6.92 Å². The Kier molecular flexibility index (Phi) is 6.71. The minimum absolute atomic E-state index is 0.128. The van der Waals surface area contributed by atoms with Crippen molar-refractivity contribution in [2.75, 3.05) is 6.61 Å². The highest BCUT2D eigenvalue weighted by Gasteiger charge is 2.24. The summed E-state index contributed by atoms with van der Waals surface area (Å²) in [6.45, 7) is 5.38. The third kappa shape index (κ3) is 4.37. The first-order valence-electron chi connectivity index (χ1n) is 8.86. The molecule has 0 bridgehead atoms. The highest BCUT2D eigenvalue weighted by molar-refractivity contribution is 9.11. The molecule has 152 valence electrons. The summed E-state index contributed by atoms with van der Waals surface area (Å²) in [5.41, 5.74) is 3.36. The molecular formula is C21H18Br2ClNO4. The lowest BCUT2D eigenvalue weighted by Gasteiger charge is -2.13. The molecule has 0 spiro atoms. The van der Waals surface area contributed by atoms with Gasteiger partial charge >= 0.3 is 11.9 Å². The molecule has 0 aliphatic heterocycles. The molecule has 1 aromatic heterocycles. The maximum absolute atomic E-state index is 12.2. The summed E-state index contributed by atoms with van der Waals surface area (Å²) in [4.78, 5) is 23.8. The number of ether oxygens (including phenoxy) is 2. The molecule has 0 radical (unpaired) electrons. The molecule has 3 aromatic rings. The molecular weight excluding hydrogens is 525 g/mol. The average Bonchev–Trinajstić information content (AvgIpc) is 2.92. The van der Waals surface area contributed by atoms with E-state index in [9.17, 15) is 9.59 Å². The Labute approximate surface area is 190 Å². The minimum atomic E-state index is -0.432. The van der Waals surface area contributed by atoms with Crippen LogP contribution in [-0.2, 0) is 20.7 Å². The van der Waals surface area contributed by atoms with E-state index in [1.54, 1.807) is 19.1 Å². The van der Waals surface area contributed by atoms with E-state index >= 15 is 0 Å². The number of halogens is 3. The van der Waals surface area contributed by atoms with Crippen molar-refractivity contribution in [2.24, 2.45) is 0 Å². The van der Waals surface area contributed by atoms with E-state index < -0.39 is 5.97 Å². The molecule has 0 saturated heterocycles. The summed E-state index contributed by atoms with van der Waals surface area (Å²) in [5, 5.41) is 1.47. The fourth-order valence-electron chi connectivity index (χ4n) is 3.27. The maximum Gasteiger partial charge on any atom is 0.310 e. The van der Waals surface area contributed by atoms with Gasteiger partial charge in [0, 0.05) is 28.7 Å². The molecule has 5 nitrogen and oxygen atoms in total. The first kappa shape index (κ1) is 21.9. The van der Waals surface area contributed by atoms with Crippen LogP contribution in [0.4, 0.5) is 0 Å². The predicted octanol–water partition coefficient (Wildman–Crippen LogP) is 6.15. The van der Waals surface area contributed by atoms with Gasteiger partial charge in [0.05, 0.1) is 27.5 Å². The predicted molar refractivity (Wildman–Crippen MR) is 120 cm³/mol. The Morgan fingerprint density at radius 1 is 1.17 bits per heavy atom. The van der Waals surface area contributed by atoms with Crippen LogP contribution >= 0.6 is 43.5 Å². The normalized spacial score (nSPS) is 11.0. The van der Waals surface area contributed by atoms with Crippen molar-refractivity contribution in [3.63, 3.8) is 0 Å². The van der Waals surface area contributed by atoms with E-state index in [1.807, 2.05) is 29.7 Å². The number of carbonyl (C=O) groups excluding carboxylic acids is 2. The number of hydrogen-bond acceptors (Lipinski definition) is 4. The Bertz CT molecular complexity index is 1110. The summed E-state index contributed by atoms with van der Waals surface area (Å²) in [5.74, 6) is -0.360. The van der Waals surface area contributed by atoms with Crippen molar-refractivity contribution in [1.82, 2.24) is 4.57 Å². The van der Waals surface area contributed by atoms with E-state index in [4.69, 9.17) is 21.1 Å². The zero-order chi connectivity index (χ0) is 21.3. The third-order valence-corrected chi connectivity index (χ3v) is 6.00. The van der Waals surface area contributed by atoms with Crippen molar-refractivity contribution in [3.8, 4) is 11.4 Å². The first-order valence-corrected chi connectivity index (χ1v) is 10.8. The summed E-state index contributed by atoms with van der Waals surface area (Å²) < 4.78 is 13.8. The SMILES string of the molecule is CCOC(=O)Cc1c(C)n(-c2ccc(Cl)cc2)c2c(Br)c(OC(C)=O)c(Br)cc12. The second kappa shape index (κ2) is 8.90. The van der Waals surface area contributed by atoms with Gasteiger partial charge in [0.2, 0.25) is 0 Å². The summed E-state index contributed by atoms with van der Waals surface area (Å²) in [6, 6.07) is 9.23. The molecule has 3 rings (SSSR count). The quantitative estimate of drug-likeness (QED) is 0.286. The van der Waals surface area contributed by atoms with Crippen LogP contribution in [0.2, 0.25) is 5.02 Å². The number of hydrogen-bond donors (Lipinski definition) is 0. The van der Waals surface area contributed by atoms with E-state index in [0.717, 1.165) is 27.8 Å². The summed E-state index contributed by atoms with van der Waals surface area (Å²) in [7, 11) is 0. The molecule has 0 N–H and O–H groups in total. The van der Waals surface area contributed by atoms with Gasteiger partial charge in [-0.05, 0) is 81.6 Å². The standard InChI is InChI=1S/C21H18Br2ClNO4/c1-4-28-18(27)10-15-11(2)25(14-7-5-13(24)6-8-14)20-16(15)9-17(22)21(19(20)23)29-12(3)26/h5-9H,4,10H2,1-3H3. The number of aromatic nitrogens is 1. The number of rotatable bonds is 5. The van der Waals surface area contributed by atoms with E-state index in [-0.39, 0.29) is 12.4 Å². The smallest absolute Gasteiger partial charge is 0.310 e. The molecule has 0 saturated carbocycles. The Hall–Kier alpha value is -1.83. The van der Waals surface area contributed by atoms with Gasteiger partial charge in [0.25, 0.3) is 0 Å². The zero-order valence-corrected chi connectivity index (χ0v) is 19.9. The number of carbonyl (C=O) groups is 2. The lowest BCUT2D eigenvalue weighted by molar-refractivity contribution is -0.142. The van der Waals surface area contributed by atoms with Gasteiger partial charge in [-0.3, -0.25) is 9.59 Å². The van der Waals surface area contributed by atoms with Crippen LogP contribution in [0.15, 0.2) is 39.3 Å². The summed E-state index contributed by atoms with van der Waals surface area (Å²) in [6.07, 6.45) is 0.128. The molecule has 8 heteroatoms. The molecule has 0 amide bonds. The van der Waals surface area contributed by atoms with E-state index in [0.29, 0.717) is 26.3 Å². The van der Waals surface area contributed by atoms with Gasteiger partial charge in [-0.2, -0.15) is 0 Å². The van der Waals surface area contributed by atoms with Crippen molar-refractivity contribution in [3.05, 3.63) is 55.6 Å². The van der Waals surface area contributed by atoms with Crippen molar-refractivity contribution in [2.45, 2.75) is 27.2 Å². The monoisotopic (exact) mass is 541 g/mol. The number of fused-ring (bicyclic) bond motifs is 1. The second-order valence-electron chi connectivity index (χ2n) is 6.35. The van der Waals surface area contributed by atoms with Gasteiger partial charge in [0.1, 0.15) is 0 Å². The number of esters is 2. The highest BCUT2D eigenvalue weighted by Crippen LogP contribution is 2.44. The molecule has 0 aliphatic carbocycles. The van der Waals surface area contributed by atoms with Gasteiger partial charge < -0.3 is 14.0 Å². The minimum Gasteiger partial charge on any atom is -0.466 e. The zero-order valence-electron chi connectivity index (χ0n) is 16.0.